The number of carbonyl (C=O) groups is 2. The van der Waals surface area contributed by atoms with Gasteiger partial charge in [-0.2, -0.15) is 0 Å². The van der Waals surface area contributed by atoms with Gasteiger partial charge in [-0.1, -0.05) is 94.4 Å². The first kappa shape index (κ1) is 36.4. The third kappa shape index (κ3) is 8.11. The Bertz CT molecular complexity index is 1600. The molecule has 2 aliphatic rings. The third-order valence-corrected chi connectivity index (χ3v) is 10.0. The Labute approximate surface area is 290 Å². The maximum atomic E-state index is 12.8. The lowest BCUT2D eigenvalue weighted by Crippen LogP contribution is -2.60. The van der Waals surface area contributed by atoms with E-state index in [1.807, 2.05) is 64.1 Å². The fraction of sp³-hybridized carbons (Fsp3) is 0.500. The van der Waals surface area contributed by atoms with Gasteiger partial charge in [0.1, 0.15) is 12.2 Å². The van der Waals surface area contributed by atoms with E-state index in [4.69, 9.17) is 14.2 Å². The molecule has 0 aromatic heterocycles. The van der Waals surface area contributed by atoms with E-state index in [0.717, 1.165) is 38.9 Å². The number of amides is 2. The lowest BCUT2D eigenvalue weighted by molar-refractivity contribution is -0.0909. The van der Waals surface area contributed by atoms with Crippen LogP contribution in [0.1, 0.15) is 67.9 Å². The molecule has 0 bridgehead atoms. The molecule has 2 N–H and O–H groups in total. The maximum Gasteiger partial charge on any atom is 0.409 e. The number of cyclic esters (lactones) is 1. The summed E-state index contributed by atoms with van der Waals surface area (Å²) in [7, 11) is 1.69. The monoisotopic (exact) mass is 672 g/mol. The van der Waals surface area contributed by atoms with Crippen LogP contribution in [0.3, 0.4) is 0 Å². The molecule has 2 aliphatic heterocycles. The number of nitrogens with zero attached hydrogens (tertiary/aromatic N) is 2. The van der Waals surface area contributed by atoms with Gasteiger partial charge < -0.3 is 34.2 Å². The Morgan fingerprint density at radius 3 is 2.43 bits per heavy atom. The minimum Gasteiger partial charge on any atom is -0.465 e. The van der Waals surface area contributed by atoms with Crippen molar-refractivity contribution in [1.29, 1.82) is 0 Å². The molecule has 5 rings (SSSR count). The molecule has 2 heterocycles. The zero-order valence-corrected chi connectivity index (χ0v) is 29.8. The van der Waals surface area contributed by atoms with Crippen LogP contribution in [0.2, 0.25) is 0 Å². The van der Waals surface area contributed by atoms with E-state index in [0.29, 0.717) is 51.9 Å². The van der Waals surface area contributed by atoms with E-state index < -0.39 is 29.1 Å². The van der Waals surface area contributed by atoms with Crippen LogP contribution in [0.4, 0.5) is 9.59 Å². The van der Waals surface area contributed by atoms with Crippen molar-refractivity contribution in [2.75, 3.05) is 46.6 Å². The second-order valence-corrected chi connectivity index (χ2v) is 14.8. The molecule has 49 heavy (non-hydrogen) atoms. The first-order valence-electron chi connectivity index (χ1n) is 17.3. The molecule has 0 aliphatic carbocycles. The van der Waals surface area contributed by atoms with E-state index >= 15 is 0 Å². The number of likely N-dealkylation sites (tertiary alicyclic amines) is 1. The summed E-state index contributed by atoms with van der Waals surface area (Å²) in [5, 5.41) is 23.2. The summed E-state index contributed by atoms with van der Waals surface area (Å²) in [5.74, 6) is -0.238. The van der Waals surface area contributed by atoms with E-state index in [-0.39, 0.29) is 19.1 Å². The minimum atomic E-state index is -1.31. The van der Waals surface area contributed by atoms with Crippen LogP contribution >= 0.6 is 0 Å². The van der Waals surface area contributed by atoms with Gasteiger partial charge in [0.05, 0.1) is 26.4 Å². The number of rotatable bonds is 12. The van der Waals surface area contributed by atoms with Gasteiger partial charge >= 0.3 is 12.2 Å². The summed E-state index contributed by atoms with van der Waals surface area (Å²) in [6.45, 7) is 13.8. The number of carbonyl (C=O) groups excluding carboxylic acids is 1. The molecular weight excluding hydrogens is 620 g/mol. The highest BCUT2D eigenvalue weighted by atomic mass is 16.6. The molecule has 9 nitrogen and oxygen atoms in total. The van der Waals surface area contributed by atoms with Crippen molar-refractivity contribution in [3.05, 3.63) is 94.5 Å². The Kier molecular flexibility index (Phi) is 11.4. The van der Waals surface area contributed by atoms with Crippen LogP contribution in [0.5, 0.6) is 0 Å². The van der Waals surface area contributed by atoms with Gasteiger partial charge in [-0.3, -0.25) is 0 Å². The topological polar surface area (TPSA) is 109 Å². The summed E-state index contributed by atoms with van der Waals surface area (Å²) in [5.41, 5.74) is 5.13. The average Bonchev–Trinajstić information content (AvgIpc) is 3.48. The fourth-order valence-corrected chi connectivity index (χ4v) is 7.66. The molecule has 2 amide bonds. The van der Waals surface area contributed by atoms with Crippen LogP contribution in [0.15, 0.2) is 66.7 Å². The van der Waals surface area contributed by atoms with Crippen LogP contribution in [-0.2, 0) is 32.8 Å². The first-order valence-corrected chi connectivity index (χ1v) is 17.3. The smallest absolute Gasteiger partial charge is 0.409 e. The molecule has 0 spiro atoms. The number of methoxy groups -OCH3 is 1. The normalized spacial score (nSPS) is 21.9. The Hall–Kier alpha value is -3.92. The predicted octanol–water partition coefficient (Wildman–Crippen LogP) is 7.23. The number of aliphatic hydroxyl groups is 1. The van der Waals surface area contributed by atoms with Gasteiger partial charge in [-0.05, 0) is 64.1 Å². The molecule has 1 unspecified atom stereocenters. The van der Waals surface area contributed by atoms with Crippen molar-refractivity contribution in [2.45, 2.75) is 71.6 Å². The van der Waals surface area contributed by atoms with Gasteiger partial charge in [0, 0.05) is 38.1 Å². The lowest BCUT2D eigenvalue weighted by Gasteiger charge is -2.54. The van der Waals surface area contributed by atoms with Crippen LogP contribution < -0.4 is 0 Å². The maximum absolute atomic E-state index is 12.8. The Morgan fingerprint density at radius 2 is 1.80 bits per heavy atom. The number of carboxylic acid groups (broad SMARTS) is 1. The fourth-order valence-electron chi connectivity index (χ4n) is 7.66. The summed E-state index contributed by atoms with van der Waals surface area (Å²) in [6, 6.07) is 21.9. The number of hydrogen-bond donors (Lipinski definition) is 2. The molecule has 0 saturated carbocycles. The number of ether oxygens (including phenoxy) is 3. The standard InChI is InChI=1S/C40H52N2O7/c1-27(24-47-6)25-48-26-29-11-14-32(15-12-29)40(46)18-20-42(37(43)44)36(39(3,4)5)35(40)33-16-13-31(23-28(33)2)34-10-8-7-9-30(34)17-19-41-21-22-49-38(41)45/h7-16,23,27,35-36,46H,17-22,24-26H2,1-6H3,(H,43,44)/t27-,35-,36?,40-/m0/s1. The van der Waals surface area contributed by atoms with E-state index in [2.05, 4.69) is 37.3 Å². The Balaban J connectivity index is 1.49. The highest BCUT2D eigenvalue weighted by Crippen LogP contribution is 2.52. The van der Waals surface area contributed by atoms with Crippen LogP contribution in [0.25, 0.3) is 11.1 Å². The minimum absolute atomic E-state index is 0.224. The zero-order chi connectivity index (χ0) is 35.3. The van der Waals surface area contributed by atoms with Crippen molar-refractivity contribution in [3.8, 4) is 11.1 Å². The largest absolute Gasteiger partial charge is 0.465 e. The van der Waals surface area contributed by atoms with Crippen molar-refractivity contribution in [1.82, 2.24) is 9.80 Å². The van der Waals surface area contributed by atoms with Crippen LogP contribution in [-0.4, -0.2) is 84.8 Å². The predicted molar refractivity (Wildman–Crippen MR) is 190 cm³/mol. The van der Waals surface area contributed by atoms with E-state index in [1.165, 1.54) is 4.90 Å². The summed E-state index contributed by atoms with van der Waals surface area (Å²) in [4.78, 5) is 28.0. The lowest BCUT2D eigenvalue weighted by atomic mass is 9.62. The zero-order valence-electron chi connectivity index (χ0n) is 29.8. The second kappa shape index (κ2) is 15.3. The number of aryl methyl sites for hydroxylation is 1. The molecule has 3 aromatic rings. The van der Waals surface area contributed by atoms with E-state index in [1.54, 1.807) is 12.0 Å². The molecule has 3 aromatic carbocycles. The third-order valence-electron chi connectivity index (χ3n) is 10.0. The highest BCUT2D eigenvalue weighted by molar-refractivity contribution is 5.71. The second-order valence-electron chi connectivity index (χ2n) is 14.8. The average molecular weight is 673 g/mol. The number of benzene rings is 3. The Morgan fingerprint density at radius 1 is 1.06 bits per heavy atom. The van der Waals surface area contributed by atoms with Gasteiger partial charge in [0.2, 0.25) is 0 Å². The summed E-state index contributed by atoms with van der Waals surface area (Å²) in [6.07, 6.45) is -0.283. The molecule has 9 heteroatoms. The van der Waals surface area contributed by atoms with Crippen LogP contribution in [0, 0.1) is 18.3 Å². The first-order chi connectivity index (χ1) is 23.3. The molecule has 0 radical (unpaired) electrons. The van der Waals surface area contributed by atoms with E-state index in [9.17, 15) is 19.8 Å². The van der Waals surface area contributed by atoms with Gasteiger partial charge in [0.25, 0.3) is 0 Å². The number of piperidine rings is 1. The van der Waals surface area contributed by atoms with Crippen molar-refractivity contribution >= 4 is 12.2 Å². The molecular formula is C40H52N2O7. The summed E-state index contributed by atoms with van der Waals surface area (Å²) < 4.78 is 16.2. The molecule has 4 atom stereocenters. The highest BCUT2D eigenvalue weighted by Gasteiger charge is 2.54. The molecule has 2 fully saturated rings. The van der Waals surface area contributed by atoms with Gasteiger partial charge in [-0.15, -0.1) is 0 Å². The number of hydrogen-bond acceptors (Lipinski definition) is 6. The van der Waals surface area contributed by atoms with Crippen molar-refractivity contribution < 1.29 is 34.0 Å². The van der Waals surface area contributed by atoms with Gasteiger partial charge in [-0.25, -0.2) is 9.59 Å². The van der Waals surface area contributed by atoms with Crippen molar-refractivity contribution in [2.24, 2.45) is 11.3 Å². The molecule has 2 saturated heterocycles. The quantitative estimate of drug-likeness (QED) is 0.209. The molecule has 264 valence electrons. The van der Waals surface area contributed by atoms with Gasteiger partial charge in [0.15, 0.2) is 0 Å². The summed E-state index contributed by atoms with van der Waals surface area (Å²) >= 11 is 0. The van der Waals surface area contributed by atoms with Crippen molar-refractivity contribution in [3.63, 3.8) is 0 Å². The SMILES string of the molecule is COC[C@H](C)COCc1ccc([C@@]2(O)CCN(C(=O)O)C(C(C)(C)C)[C@@H]2c2ccc(-c3ccccc3CCN3CCOC3=O)cc2C)cc1.